The maximum atomic E-state index is 3.30. The number of unbranched alkanes of at least 4 members (excludes halogenated alkanes) is 2. The fraction of sp³-hybridized carbons (Fsp3) is 0.600. The second kappa shape index (κ2) is 12.4. The van der Waals surface area contributed by atoms with E-state index in [4.69, 9.17) is 0 Å². The van der Waals surface area contributed by atoms with Gasteiger partial charge in [-0.3, -0.25) is 12.2 Å². The Bertz CT molecular complexity index is 368. The van der Waals surface area contributed by atoms with Gasteiger partial charge in [-0.2, -0.15) is 23.3 Å². The second-order valence-corrected chi connectivity index (χ2v) is 5.68. The summed E-state index contributed by atoms with van der Waals surface area (Å²) in [6.07, 6.45) is 21.1. The van der Waals surface area contributed by atoms with Crippen molar-refractivity contribution in [3.8, 4) is 0 Å². The van der Waals surface area contributed by atoms with Crippen molar-refractivity contribution in [2.75, 3.05) is 0 Å². The van der Waals surface area contributed by atoms with E-state index in [0.717, 1.165) is 12.8 Å². The predicted molar refractivity (Wildman–Crippen MR) is 89.3 cm³/mol. The molecule has 2 rings (SSSR count). The summed E-state index contributed by atoms with van der Waals surface area (Å²) in [6, 6.07) is 0. The van der Waals surface area contributed by atoms with Crippen LogP contribution in [0.25, 0.3) is 0 Å². The molecule has 1 heteroatoms. The van der Waals surface area contributed by atoms with Gasteiger partial charge in [-0.05, 0) is 0 Å². The van der Waals surface area contributed by atoms with E-state index >= 15 is 0 Å². The fourth-order valence-electron chi connectivity index (χ4n) is 2.50. The Hall–Kier alpha value is -0.170. The number of rotatable bonds is 6. The summed E-state index contributed by atoms with van der Waals surface area (Å²) < 4.78 is 0. The van der Waals surface area contributed by atoms with Crippen LogP contribution in [0.4, 0.5) is 0 Å². The Morgan fingerprint density at radius 1 is 0.810 bits per heavy atom. The molecule has 0 spiro atoms. The van der Waals surface area contributed by atoms with Crippen molar-refractivity contribution in [2.24, 2.45) is 0 Å². The van der Waals surface area contributed by atoms with E-state index in [9.17, 15) is 0 Å². The van der Waals surface area contributed by atoms with Gasteiger partial charge in [0.05, 0.1) is 0 Å². The first-order chi connectivity index (χ1) is 9.69. The van der Waals surface area contributed by atoms with Gasteiger partial charge in [0.1, 0.15) is 0 Å². The van der Waals surface area contributed by atoms with Gasteiger partial charge < -0.3 is 0 Å². The van der Waals surface area contributed by atoms with Crippen LogP contribution < -0.4 is 0 Å². The van der Waals surface area contributed by atoms with Crippen molar-refractivity contribution in [1.82, 2.24) is 0 Å². The number of hydrogen-bond acceptors (Lipinski definition) is 0. The van der Waals surface area contributed by atoms with Crippen molar-refractivity contribution in [3.05, 3.63) is 46.6 Å². The van der Waals surface area contributed by atoms with Crippen LogP contribution in [0.3, 0.4) is 0 Å². The van der Waals surface area contributed by atoms with E-state index in [0.29, 0.717) is 0 Å². The van der Waals surface area contributed by atoms with Gasteiger partial charge in [0.2, 0.25) is 0 Å². The SMILES string of the molecule is CCCCC1=CC[C-]=C1C.CCCCC1=CC[C-]=C1C.[Hf]. The molecule has 21 heavy (non-hydrogen) atoms. The molecule has 0 aromatic rings. The van der Waals surface area contributed by atoms with Crippen molar-refractivity contribution in [3.63, 3.8) is 0 Å². The van der Waals surface area contributed by atoms with E-state index in [1.807, 2.05) is 0 Å². The monoisotopic (exact) mass is 450 g/mol. The molecule has 116 valence electrons. The average Bonchev–Trinajstić information content (AvgIpc) is 3.04. The summed E-state index contributed by atoms with van der Waals surface area (Å²) in [5, 5.41) is 0. The molecule has 0 saturated heterocycles. The first-order valence-corrected chi connectivity index (χ1v) is 8.22. The van der Waals surface area contributed by atoms with Crippen LogP contribution in [0, 0.1) is 12.2 Å². The number of hydrogen-bond donors (Lipinski definition) is 0. The molecule has 0 aromatic carbocycles. The van der Waals surface area contributed by atoms with Crippen LogP contribution in [0.15, 0.2) is 34.4 Å². The normalized spacial score (nSPS) is 16.2. The van der Waals surface area contributed by atoms with Crippen molar-refractivity contribution in [2.45, 2.75) is 79.1 Å². The van der Waals surface area contributed by atoms with Gasteiger partial charge in [0.25, 0.3) is 0 Å². The van der Waals surface area contributed by atoms with Gasteiger partial charge in [-0.1, -0.05) is 66.2 Å². The molecule has 0 radical (unpaired) electrons. The Labute approximate surface area is 151 Å². The van der Waals surface area contributed by atoms with Gasteiger partial charge >= 0.3 is 0 Å². The first kappa shape index (κ1) is 20.8. The molecule has 0 N–H and O–H groups in total. The zero-order valence-corrected chi connectivity index (χ0v) is 17.9. The minimum Gasteiger partial charge on any atom is -0.269 e. The van der Waals surface area contributed by atoms with Crippen LogP contribution >= 0.6 is 0 Å². The molecule has 0 heterocycles. The summed E-state index contributed by atoms with van der Waals surface area (Å²) in [7, 11) is 0. The molecule has 0 nitrogen and oxygen atoms in total. The first-order valence-electron chi connectivity index (χ1n) is 8.22. The standard InChI is InChI=1S/2C10H15.Hf/c2*1-3-4-7-10-8-5-6-9(10)2;/h2*8H,3-5,7H2,1-2H3;/q2*-1;. The Morgan fingerprint density at radius 3 is 1.43 bits per heavy atom. The predicted octanol–water partition coefficient (Wildman–Crippen LogP) is 6.51. The summed E-state index contributed by atoms with van der Waals surface area (Å²) in [5.74, 6) is 0. The Kier molecular flexibility index (Phi) is 12.3. The van der Waals surface area contributed by atoms with Gasteiger partial charge in [0, 0.05) is 25.8 Å². The molecule has 0 aliphatic heterocycles. The van der Waals surface area contributed by atoms with E-state index in [2.05, 4.69) is 52.0 Å². The molecular formula is C20H30Hf-2. The summed E-state index contributed by atoms with van der Waals surface area (Å²) in [5.41, 5.74) is 5.82. The van der Waals surface area contributed by atoms with E-state index in [-0.39, 0.29) is 25.8 Å². The zero-order valence-electron chi connectivity index (χ0n) is 14.3. The number of allylic oxidation sites excluding steroid dienone is 8. The van der Waals surface area contributed by atoms with E-state index < -0.39 is 0 Å². The van der Waals surface area contributed by atoms with Crippen LogP contribution in [0.5, 0.6) is 0 Å². The Morgan fingerprint density at radius 2 is 1.19 bits per heavy atom. The van der Waals surface area contributed by atoms with Crippen LogP contribution in [-0.4, -0.2) is 0 Å². The molecule has 0 aromatic heterocycles. The molecule has 0 atom stereocenters. The maximum Gasteiger partial charge on any atom is 0 e. The summed E-state index contributed by atoms with van der Waals surface area (Å²) in [4.78, 5) is 0. The molecule has 2 aliphatic rings. The van der Waals surface area contributed by atoms with Gasteiger partial charge in [0.15, 0.2) is 0 Å². The molecule has 0 unspecified atom stereocenters. The van der Waals surface area contributed by atoms with E-state index in [1.165, 1.54) is 60.8 Å². The minimum atomic E-state index is 0. The summed E-state index contributed by atoms with van der Waals surface area (Å²) >= 11 is 0. The minimum absolute atomic E-state index is 0. The van der Waals surface area contributed by atoms with Gasteiger partial charge in [-0.15, -0.1) is 12.8 Å². The molecule has 0 bridgehead atoms. The maximum absolute atomic E-state index is 3.30. The fourth-order valence-corrected chi connectivity index (χ4v) is 2.50. The van der Waals surface area contributed by atoms with Crippen molar-refractivity contribution < 1.29 is 25.8 Å². The third-order valence-electron chi connectivity index (χ3n) is 3.99. The molecule has 0 fully saturated rings. The molecule has 0 amide bonds. The molecule has 0 saturated carbocycles. The smallest absolute Gasteiger partial charge is 0 e. The van der Waals surface area contributed by atoms with Crippen molar-refractivity contribution >= 4 is 0 Å². The average molecular weight is 449 g/mol. The van der Waals surface area contributed by atoms with E-state index in [1.54, 1.807) is 0 Å². The van der Waals surface area contributed by atoms with Gasteiger partial charge in [-0.25, -0.2) is 11.1 Å². The largest absolute Gasteiger partial charge is 0.269 e. The molecular weight excluding hydrogens is 419 g/mol. The third-order valence-corrected chi connectivity index (χ3v) is 3.99. The third kappa shape index (κ3) is 8.14. The van der Waals surface area contributed by atoms with Crippen LogP contribution in [0.1, 0.15) is 79.1 Å². The second-order valence-electron chi connectivity index (χ2n) is 5.68. The zero-order chi connectivity index (χ0) is 14.8. The quantitative estimate of drug-likeness (QED) is 0.321. The Balaban J connectivity index is 0.000000364. The van der Waals surface area contributed by atoms with Crippen LogP contribution in [0.2, 0.25) is 0 Å². The van der Waals surface area contributed by atoms with Crippen LogP contribution in [-0.2, 0) is 25.8 Å². The topological polar surface area (TPSA) is 0 Å². The molecule has 2 aliphatic carbocycles. The van der Waals surface area contributed by atoms with Crippen molar-refractivity contribution in [1.29, 1.82) is 0 Å². The summed E-state index contributed by atoms with van der Waals surface area (Å²) in [6.45, 7) is 8.79.